The first-order valence-corrected chi connectivity index (χ1v) is 16.0. The third-order valence-electron chi connectivity index (χ3n) is 6.69. The largest absolute Gasteiger partial charge is 0.352 e. The number of hydrogen-bond donors (Lipinski definition) is 1. The zero-order valence-electron chi connectivity index (χ0n) is 23.7. The van der Waals surface area contributed by atoms with Gasteiger partial charge in [-0.25, -0.2) is 8.42 Å². The number of rotatable bonds is 12. The predicted molar refractivity (Wildman–Crippen MR) is 165 cm³/mol. The number of hydrogen-bond acceptors (Lipinski definition) is 4. The molecule has 0 unspecified atom stereocenters. The number of amides is 2. The molecule has 2 amide bonds. The summed E-state index contributed by atoms with van der Waals surface area (Å²) in [6.45, 7) is 7.37. The van der Waals surface area contributed by atoms with Crippen LogP contribution in [-0.4, -0.2) is 50.0 Å². The van der Waals surface area contributed by atoms with Crippen LogP contribution in [0, 0.1) is 13.8 Å². The number of carbonyl (C=O) groups is 2. The Morgan fingerprint density at radius 2 is 1.55 bits per heavy atom. The first-order valence-electron chi connectivity index (χ1n) is 13.3. The molecule has 9 heteroatoms. The van der Waals surface area contributed by atoms with Crippen molar-refractivity contribution in [3.05, 3.63) is 99.5 Å². The molecule has 1 N–H and O–H groups in total. The molecule has 0 radical (unpaired) electrons. The van der Waals surface area contributed by atoms with Crippen LogP contribution in [0.4, 0.5) is 5.69 Å². The Morgan fingerprint density at radius 1 is 0.925 bits per heavy atom. The molecule has 214 valence electrons. The maximum Gasteiger partial charge on any atom is 0.244 e. The fourth-order valence-corrected chi connectivity index (χ4v) is 5.82. The van der Waals surface area contributed by atoms with Crippen molar-refractivity contribution in [2.45, 2.75) is 59.2 Å². The molecule has 0 saturated heterocycles. The highest BCUT2D eigenvalue weighted by atomic mass is 79.9. The summed E-state index contributed by atoms with van der Waals surface area (Å²) in [4.78, 5) is 29.4. The van der Waals surface area contributed by atoms with Gasteiger partial charge in [0.25, 0.3) is 0 Å². The van der Waals surface area contributed by atoms with Gasteiger partial charge in [-0.3, -0.25) is 13.9 Å². The van der Waals surface area contributed by atoms with E-state index in [0.717, 1.165) is 43.7 Å². The number of aryl methyl sites for hydroxylation is 2. The van der Waals surface area contributed by atoms with Gasteiger partial charge in [0.2, 0.25) is 21.8 Å². The monoisotopic (exact) mass is 627 g/mol. The van der Waals surface area contributed by atoms with Gasteiger partial charge >= 0.3 is 0 Å². The molecule has 0 aromatic heterocycles. The van der Waals surface area contributed by atoms with Crippen molar-refractivity contribution in [2.75, 3.05) is 17.1 Å². The lowest BCUT2D eigenvalue weighted by molar-refractivity contribution is -0.140. The van der Waals surface area contributed by atoms with Crippen molar-refractivity contribution in [1.29, 1.82) is 0 Å². The molecule has 7 nitrogen and oxygen atoms in total. The van der Waals surface area contributed by atoms with Crippen molar-refractivity contribution in [3.8, 4) is 0 Å². The van der Waals surface area contributed by atoms with Gasteiger partial charge in [0, 0.05) is 23.5 Å². The molecule has 0 spiro atoms. The normalized spacial score (nSPS) is 12.8. The molecule has 0 fully saturated rings. The van der Waals surface area contributed by atoms with E-state index in [1.54, 1.807) is 12.1 Å². The highest BCUT2D eigenvalue weighted by Crippen LogP contribution is 2.23. The lowest BCUT2D eigenvalue weighted by Gasteiger charge is -2.34. The minimum Gasteiger partial charge on any atom is -0.352 e. The quantitative estimate of drug-likeness (QED) is 0.292. The lowest BCUT2D eigenvalue weighted by atomic mass is 10.0. The van der Waals surface area contributed by atoms with E-state index in [-0.39, 0.29) is 24.9 Å². The van der Waals surface area contributed by atoms with Gasteiger partial charge in [0.05, 0.1) is 11.9 Å². The predicted octanol–water partition coefficient (Wildman–Crippen LogP) is 5.39. The average Bonchev–Trinajstić information content (AvgIpc) is 2.88. The molecule has 3 aromatic rings. The molecule has 0 aliphatic carbocycles. The van der Waals surface area contributed by atoms with Gasteiger partial charge in [-0.2, -0.15) is 0 Å². The summed E-state index contributed by atoms with van der Waals surface area (Å²) in [5, 5.41) is 3.04. The van der Waals surface area contributed by atoms with Crippen LogP contribution in [-0.2, 0) is 32.6 Å². The number of sulfonamides is 1. The Balaban J connectivity index is 2.08. The summed E-state index contributed by atoms with van der Waals surface area (Å²) in [7, 11) is -3.81. The van der Waals surface area contributed by atoms with Crippen molar-refractivity contribution in [1.82, 2.24) is 10.2 Å². The molecule has 3 aromatic carbocycles. The number of anilines is 1. The smallest absolute Gasteiger partial charge is 0.244 e. The van der Waals surface area contributed by atoms with Gasteiger partial charge in [0.15, 0.2) is 0 Å². The van der Waals surface area contributed by atoms with Crippen LogP contribution in [0.3, 0.4) is 0 Å². The van der Waals surface area contributed by atoms with Gasteiger partial charge in [-0.05, 0) is 73.7 Å². The fraction of sp³-hybridized carbons (Fsp3) is 0.355. The molecule has 0 bridgehead atoms. The van der Waals surface area contributed by atoms with Gasteiger partial charge in [0.1, 0.15) is 12.6 Å². The summed E-state index contributed by atoms with van der Waals surface area (Å²) in [6.07, 6.45) is 2.11. The summed E-state index contributed by atoms with van der Waals surface area (Å²) in [5.41, 5.74) is 3.90. The molecular formula is C31H38BrN3O4S. The molecule has 3 rings (SSSR count). The minimum atomic E-state index is -3.81. The van der Waals surface area contributed by atoms with Crippen LogP contribution in [0.2, 0.25) is 0 Å². The second kappa shape index (κ2) is 13.9. The highest BCUT2D eigenvalue weighted by molar-refractivity contribution is 9.10. The van der Waals surface area contributed by atoms with E-state index >= 15 is 0 Å². The first kappa shape index (κ1) is 31.4. The third kappa shape index (κ3) is 8.93. The van der Waals surface area contributed by atoms with E-state index in [1.807, 2.05) is 88.4 Å². The van der Waals surface area contributed by atoms with Gasteiger partial charge < -0.3 is 10.2 Å². The SMILES string of the molecule is CC[C@@H](C)NC(=O)[C@H](Cc1ccccc1)N(Cc1cccc(Br)c1)C(=O)CN(c1cc(C)cc(C)c1)S(C)(=O)=O. The van der Waals surface area contributed by atoms with E-state index in [9.17, 15) is 18.0 Å². The number of nitrogens with zero attached hydrogens (tertiary/aromatic N) is 2. The molecule has 0 aliphatic rings. The van der Waals surface area contributed by atoms with Crippen molar-refractivity contribution >= 4 is 43.5 Å². The van der Waals surface area contributed by atoms with Crippen LogP contribution >= 0.6 is 15.9 Å². The number of benzene rings is 3. The second-order valence-electron chi connectivity index (χ2n) is 10.3. The van der Waals surface area contributed by atoms with E-state index in [4.69, 9.17) is 0 Å². The maximum atomic E-state index is 14.2. The van der Waals surface area contributed by atoms with Gasteiger partial charge in [-0.15, -0.1) is 0 Å². The Bertz CT molecular complexity index is 1410. The Hall–Kier alpha value is -3.17. The fourth-order valence-electron chi connectivity index (χ4n) is 4.54. The second-order valence-corrected chi connectivity index (χ2v) is 13.1. The van der Waals surface area contributed by atoms with E-state index in [2.05, 4.69) is 21.2 Å². The Labute approximate surface area is 246 Å². The summed E-state index contributed by atoms with van der Waals surface area (Å²) in [5.74, 6) is -0.747. The molecular weight excluding hydrogens is 590 g/mol. The standard InChI is InChI=1S/C31H38BrN3O4S/c1-6-24(4)33-31(37)29(19-25-11-8-7-9-12-25)34(20-26-13-10-14-27(32)18-26)30(36)21-35(40(5,38)39)28-16-22(2)15-23(3)17-28/h7-18,24,29H,6,19-21H2,1-5H3,(H,33,37)/t24-,29+/m1/s1. The summed E-state index contributed by atoms with van der Waals surface area (Å²) < 4.78 is 27.9. The van der Waals surface area contributed by atoms with Crippen molar-refractivity contribution < 1.29 is 18.0 Å². The van der Waals surface area contributed by atoms with Gasteiger partial charge in [-0.1, -0.05) is 71.4 Å². The van der Waals surface area contributed by atoms with Crippen molar-refractivity contribution in [2.24, 2.45) is 0 Å². The number of carbonyl (C=O) groups excluding carboxylic acids is 2. The molecule has 0 aliphatic heterocycles. The number of halogens is 1. The van der Waals surface area contributed by atoms with Crippen LogP contribution < -0.4 is 9.62 Å². The van der Waals surface area contributed by atoms with Crippen LogP contribution in [0.15, 0.2) is 77.3 Å². The molecule has 0 heterocycles. The van der Waals surface area contributed by atoms with Crippen molar-refractivity contribution in [3.63, 3.8) is 0 Å². The van der Waals surface area contributed by atoms with Crippen LogP contribution in [0.1, 0.15) is 42.5 Å². The molecule has 2 atom stereocenters. The van der Waals surface area contributed by atoms with Crippen LogP contribution in [0.5, 0.6) is 0 Å². The van der Waals surface area contributed by atoms with Crippen LogP contribution in [0.25, 0.3) is 0 Å². The average molecular weight is 629 g/mol. The number of nitrogens with one attached hydrogen (secondary N) is 1. The zero-order valence-corrected chi connectivity index (χ0v) is 26.1. The first-order chi connectivity index (χ1) is 18.9. The zero-order chi connectivity index (χ0) is 29.4. The summed E-state index contributed by atoms with van der Waals surface area (Å²) in [6, 6.07) is 21.6. The van der Waals surface area contributed by atoms with E-state index in [1.165, 1.54) is 4.90 Å². The Morgan fingerprint density at radius 3 is 2.12 bits per heavy atom. The topological polar surface area (TPSA) is 86.8 Å². The lowest BCUT2D eigenvalue weighted by Crippen LogP contribution is -2.54. The maximum absolute atomic E-state index is 14.2. The third-order valence-corrected chi connectivity index (χ3v) is 8.32. The minimum absolute atomic E-state index is 0.0867. The summed E-state index contributed by atoms with van der Waals surface area (Å²) >= 11 is 3.49. The Kier molecular flexibility index (Phi) is 10.9. The molecule has 40 heavy (non-hydrogen) atoms. The highest BCUT2D eigenvalue weighted by Gasteiger charge is 2.33. The van der Waals surface area contributed by atoms with E-state index < -0.39 is 28.5 Å². The van der Waals surface area contributed by atoms with E-state index in [0.29, 0.717) is 5.69 Å². The molecule has 0 saturated carbocycles.